The molecule has 0 aliphatic rings. The van der Waals surface area contributed by atoms with E-state index in [4.69, 9.17) is 0 Å². The van der Waals surface area contributed by atoms with E-state index in [1.54, 1.807) is 24.3 Å². The molecule has 4 heteroatoms. The molecule has 160 valence electrons. The molecule has 0 spiro atoms. The Morgan fingerprint density at radius 1 is 0.667 bits per heavy atom. The summed E-state index contributed by atoms with van der Waals surface area (Å²) < 4.78 is 0. The molecule has 0 saturated carbocycles. The number of carbonyl (C=O) groups is 2. The van der Waals surface area contributed by atoms with Gasteiger partial charge < -0.3 is 10.2 Å². The molecule has 0 amide bonds. The Labute approximate surface area is 179 Å². The largest absolute Gasteiger partial charge is 0.382 e. The van der Waals surface area contributed by atoms with Gasteiger partial charge in [0.25, 0.3) is 0 Å². The first-order valence-corrected chi connectivity index (χ1v) is 10.1. The number of benzene rings is 2. The van der Waals surface area contributed by atoms with Crippen molar-refractivity contribution in [1.29, 1.82) is 0 Å². The van der Waals surface area contributed by atoms with Crippen LogP contribution in [0.4, 0.5) is 0 Å². The van der Waals surface area contributed by atoms with Crippen LogP contribution in [0.1, 0.15) is 80.3 Å². The number of aliphatic hydroxyl groups is 2. The maximum absolute atomic E-state index is 12.3. The number of ketones is 2. The van der Waals surface area contributed by atoms with Gasteiger partial charge in [-0.05, 0) is 59.6 Å². The van der Waals surface area contributed by atoms with Crippen molar-refractivity contribution in [1.82, 2.24) is 0 Å². The minimum atomic E-state index is -1.42. The molecule has 0 heterocycles. The summed E-state index contributed by atoms with van der Waals surface area (Å²) in [6.07, 6.45) is 2.15. The van der Waals surface area contributed by atoms with E-state index < -0.39 is 16.6 Å². The summed E-state index contributed by atoms with van der Waals surface area (Å²) >= 11 is 0. The second kappa shape index (κ2) is 8.29. The lowest BCUT2D eigenvalue weighted by molar-refractivity contribution is 0.0487. The van der Waals surface area contributed by atoms with Crippen LogP contribution in [0.3, 0.4) is 0 Å². The summed E-state index contributed by atoms with van der Waals surface area (Å²) in [5.74, 6) is -0.653. The molecular weight excluding hydrogens is 376 g/mol. The van der Waals surface area contributed by atoms with Gasteiger partial charge in [0.2, 0.25) is 0 Å². The molecule has 0 fully saturated rings. The number of Topliss-reactive ketones (excluding diaryl/α,β-unsaturated/α-hetero) is 2. The lowest BCUT2D eigenvalue weighted by Crippen LogP contribution is -2.31. The Kier molecular flexibility index (Phi) is 6.55. The molecule has 0 aromatic heterocycles. The fourth-order valence-corrected chi connectivity index (χ4v) is 3.55. The minimum absolute atomic E-state index is 0.326. The van der Waals surface area contributed by atoms with Gasteiger partial charge in [-0.3, -0.25) is 9.59 Å². The fourth-order valence-electron chi connectivity index (χ4n) is 3.55. The van der Waals surface area contributed by atoms with Gasteiger partial charge in [0.15, 0.2) is 11.6 Å². The van der Waals surface area contributed by atoms with Crippen molar-refractivity contribution >= 4 is 11.6 Å². The normalized spacial score (nSPS) is 12.4. The van der Waals surface area contributed by atoms with Crippen molar-refractivity contribution in [3.63, 3.8) is 0 Å². The number of hydrogen-bond donors (Lipinski definition) is 2. The highest BCUT2D eigenvalue weighted by Gasteiger charge is 2.30. The van der Waals surface area contributed by atoms with Crippen LogP contribution in [-0.2, 0) is 5.41 Å². The molecule has 0 bridgehead atoms. The first-order valence-electron chi connectivity index (χ1n) is 10.1. The van der Waals surface area contributed by atoms with Gasteiger partial charge in [0.05, 0.1) is 0 Å². The zero-order valence-electron chi connectivity index (χ0n) is 18.9. The fraction of sp³-hybridized carbons (Fsp3) is 0.385. The van der Waals surface area contributed by atoms with Crippen LogP contribution in [0.5, 0.6) is 0 Å². The van der Waals surface area contributed by atoms with E-state index in [9.17, 15) is 19.8 Å². The van der Waals surface area contributed by atoms with E-state index >= 15 is 0 Å². The number of carbonyl (C=O) groups excluding carboxylic acids is 2. The van der Waals surface area contributed by atoms with Crippen LogP contribution >= 0.6 is 0 Å². The minimum Gasteiger partial charge on any atom is -0.382 e. The first-order chi connectivity index (χ1) is 13.7. The van der Waals surface area contributed by atoms with E-state index in [0.717, 1.165) is 16.7 Å². The predicted molar refractivity (Wildman–Crippen MR) is 120 cm³/mol. The van der Waals surface area contributed by atoms with Gasteiger partial charge in [0.1, 0.15) is 11.2 Å². The van der Waals surface area contributed by atoms with Gasteiger partial charge >= 0.3 is 0 Å². The summed E-state index contributed by atoms with van der Waals surface area (Å²) in [6.45, 7) is 12.0. The average molecular weight is 409 g/mol. The van der Waals surface area contributed by atoms with Gasteiger partial charge in [-0.15, -0.1) is 0 Å². The zero-order chi connectivity index (χ0) is 22.9. The second-order valence-corrected chi connectivity index (χ2v) is 9.36. The topological polar surface area (TPSA) is 74.6 Å². The van der Waals surface area contributed by atoms with E-state index in [1.807, 2.05) is 38.1 Å². The standard InChI is InChI=1S/C26H32O4/c1-17(2)16-26(7,20-12-8-18(9-13-20)22(27)24(3,4)29)21-14-10-19(11-15-21)23(28)25(5,6)30/h8-16,29-30H,1-7H3. The van der Waals surface area contributed by atoms with Crippen LogP contribution in [0.25, 0.3) is 0 Å². The molecular formula is C26H32O4. The Morgan fingerprint density at radius 3 is 1.20 bits per heavy atom. The van der Waals surface area contributed by atoms with Crippen molar-refractivity contribution in [2.45, 2.75) is 65.1 Å². The smallest absolute Gasteiger partial charge is 0.193 e. The Hall–Kier alpha value is -2.56. The van der Waals surface area contributed by atoms with E-state index in [0.29, 0.717) is 11.1 Å². The van der Waals surface area contributed by atoms with E-state index in [2.05, 4.69) is 13.0 Å². The molecule has 2 aromatic rings. The third kappa shape index (κ3) is 5.13. The third-order valence-corrected chi connectivity index (χ3v) is 5.18. The molecule has 2 N–H and O–H groups in total. The molecule has 0 aliphatic carbocycles. The molecule has 0 atom stereocenters. The van der Waals surface area contributed by atoms with Crippen molar-refractivity contribution in [2.75, 3.05) is 0 Å². The Balaban J connectivity index is 2.50. The summed E-state index contributed by atoms with van der Waals surface area (Å²) in [4.78, 5) is 24.7. The van der Waals surface area contributed by atoms with Crippen LogP contribution in [0.2, 0.25) is 0 Å². The Bertz CT molecular complexity index is 877. The molecule has 4 nitrogen and oxygen atoms in total. The molecule has 0 saturated heterocycles. The van der Waals surface area contributed by atoms with E-state index in [1.165, 1.54) is 27.7 Å². The van der Waals surface area contributed by atoms with Gasteiger partial charge in [-0.1, -0.05) is 60.2 Å². The second-order valence-electron chi connectivity index (χ2n) is 9.36. The SMILES string of the molecule is CC(C)=CC(C)(c1ccc(C(=O)C(C)(C)O)cc1)c1ccc(C(=O)C(C)(C)O)cc1. The van der Waals surface area contributed by atoms with Crippen molar-refractivity contribution in [3.05, 3.63) is 82.4 Å². The maximum Gasteiger partial charge on any atom is 0.193 e. The highest BCUT2D eigenvalue weighted by Crippen LogP contribution is 2.35. The predicted octanol–water partition coefficient (Wildman–Crippen LogP) is 4.87. The molecule has 30 heavy (non-hydrogen) atoms. The maximum atomic E-state index is 12.3. The first kappa shape index (κ1) is 23.7. The molecule has 0 radical (unpaired) electrons. The summed E-state index contributed by atoms with van der Waals surface area (Å²) in [5.41, 5.74) is 0.682. The van der Waals surface area contributed by atoms with Gasteiger partial charge in [-0.2, -0.15) is 0 Å². The summed E-state index contributed by atoms with van der Waals surface area (Å²) in [7, 11) is 0. The number of rotatable bonds is 7. The lowest BCUT2D eigenvalue weighted by atomic mass is 9.74. The summed E-state index contributed by atoms with van der Waals surface area (Å²) in [5, 5.41) is 20.0. The third-order valence-electron chi connectivity index (χ3n) is 5.18. The van der Waals surface area contributed by atoms with Crippen LogP contribution in [0.15, 0.2) is 60.2 Å². The lowest BCUT2D eigenvalue weighted by Gasteiger charge is -2.29. The zero-order valence-corrected chi connectivity index (χ0v) is 18.9. The van der Waals surface area contributed by atoms with Crippen LogP contribution in [0, 0.1) is 0 Å². The van der Waals surface area contributed by atoms with E-state index in [-0.39, 0.29) is 11.6 Å². The van der Waals surface area contributed by atoms with Crippen molar-refractivity contribution in [3.8, 4) is 0 Å². The van der Waals surface area contributed by atoms with Crippen molar-refractivity contribution < 1.29 is 19.8 Å². The quantitative estimate of drug-likeness (QED) is 0.506. The molecule has 2 rings (SSSR count). The number of hydrogen-bond acceptors (Lipinski definition) is 4. The molecule has 2 aromatic carbocycles. The number of allylic oxidation sites excluding steroid dienone is 2. The molecule has 0 unspecified atom stereocenters. The molecule has 0 aliphatic heterocycles. The summed E-state index contributed by atoms with van der Waals surface area (Å²) in [6, 6.07) is 14.5. The van der Waals surface area contributed by atoms with Gasteiger partial charge in [0, 0.05) is 16.5 Å². The average Bonchev–Trinajstić information content (AvgIpc) is 2.65. The monoisotopic (exact) mass is 408 g/mol. The van der Waals surface area contributed by atoms with Crippen LogP contribution < -0.4 is 0 Å². The van der Waals surface area contributed by atoms with Gasteiger partial charge in [-0.25, -0.2) is 0 Å². The van der Waals surface area contributed by atoms with Crippen molar-refractivity contribution in [2.24, 2.45) is 0 Å². The Morgan fingerprint density at radius 2 is 0.967 bits per heavy atom. The highest BCUT2D eigenvalue weighted by molar-refractivity contribution is 6.02. The van der Waals surface area contributed by atoms with Crippen LogP contribution in [-0.4, -0.2) is 33.0 Å². The highest BCUT2D eigenvalue weighted by atomic mass is 16.3.